The molecule has 54 heavy (non-hydrogen) atoms. The summed E-state index contributed by atoms with van der Waals surface area (Å²) in [5, 5.41) is 0. The van der Waals surface area contributed by atoms with E-state index in [9.17, 15) is 0 Å². The van der Waals surface area contributed by atoms with Gasteiger partial charge in [-0.15, -0.1) is 0 Å². The van der Waals surface area contributed by atoms with Gasteiger partial charge in [-0.25, -0.2) is 0 Å². The first-order valence-corrected chi connectivity index (χ1v) is 36.6. The van der Waals surface area contributed by atoms with E-state index in [1.54, 1.807) is 0 Å². The third-order valence-electron chi connectivity index (χ3n) is 15.1. The molecule has 278 valence electrons. The van der Waals surface area contributed by atoms with Crippen molar-refractivity contribution >= 4 is 7.58 Å². The number of benzene rings is 5. The van der Waals surface area contributed by atoms with Crippen molar-refractivity contribution < 1.29 is 15.1 Å². The molecule has 0 spiro atoms. The van der Waals surface area contributed by atoms with E-state index in [2.05, 4.69) is 206 Å². The van der Waals surface area contributed by atoms with E-state index in [1.165, 1.54) is 47.8 Å². The summed E-state index contributed by atoms with van der Waals surface area (Å²) >= 11 is -6.62. The van der Waals surface area contributed by atoms with E-state index >= 15 is 0 Å². The molecule has 0 heterocycles. The van der Waals surface area contributed by atoms with Gasteiger partial charge >= 0.3 is 323 Å². The monoisotopic (exact) mass is 878 g/mol. The van der Waals surface area contributed by atoms with Crippen LogP contribution in [-0.4, -0.2) is 4.26 Å². The average Bonchev–Trinajstić information content (AvgIpc) is 3.83. The molecule has 0 atom stereocenters. The second-order valence-corrected chi connectivity index (χ2v) is 62.1. The number of unbranched alkanes of at least 4 members (excludes halogenated alkanes) is 2. The molecular weight excluding hydrogens is 815 g/mol. The molecule has 0 amide bonds. The van der Waals surface area contributed by atoms with Crippen molar-refractivity contribution in [1.82, 2.24) is 0 Å². The summed E-state index contributed by atoms with van der Waals surface area (Å²) in [5.74, 6) is 0. The summed E-state index contributed by atoms with van der Waals surface area (Å²) in [6, 6.07) is 50.0. The van der Waals surface area contributed by atoms with Gasteiger partial charge < -0.3 is 0 Å². The summed E-state index contributed by atoms with van der Waals surface area (Å²) in [7, 11) is 0. The maximum absolute atomic E-state index is 6.62. The predicted octanol–water partition coefficient (Wildman–Crippen LogP) is 14.0. The van der Waals surface area contributed by atoms with Crippen LogP contribution in [0.5, 0.6) is 0 Å². The van der Waals surface area contributed by atoms with Crippen LogP contribution in [0.3, 0.4) is 0 Å². The van der Waals surface area contributed by atoms with Gasteiger partial charge in [0, 0.05) is 0 Å². The van der Waals surface area contributed by atoms with Gasteiger partial charge in [0.2, 0.25) is 0 Å². The van der Waals surface area contributed by atoms with Crippen LogP contribution in [-0.2, 0) is 34.3 Å². The zero-order chi connectivity index (χ0) is 38.4. The summed E-state index contributed by atoms with van der Waals surface area (Å²) in [5.41, 5.74) is 11.3. The Morgan fingerprint density at radius 2 is 1.02 bits per heavy atom. The molecule has 0 saturated carbocycles. The Morgan fingerprint density at radius 3 is 1.44 bits per heavy atom. The fraction of sp³-hybridized carbons (Fsp3) is 0.302. The van der Waals surface area contributed by atoms with E-state index in [-0.39, 0.29) is 18.2 Å². The van der Waals surface area contributed by atoms with Crippen LogP contribution in [0.2, 0.25) is 7.85 Å². The molecule has 0 aliphatic heterocycles. The van der Waals surface area contributed by atoms with Crippen LogP contribution < -0.4 is 3.32 Å². The minimum absolute atomic E-state index is 0.0147. The van der Waals surface area contributed by atoms with Gasteiger partial charge in [-0.1, -0.05) is 0 Å². The van der Waals surface area contributed by atoms with Crippen LogP contribution in [0.4, 0.5) is 0 Å². The van der Waals surface area contributed by atoms with Crippen molar-refractivity contribution in [3.8, 4) is 11.1 Å². The van der Waals surface area contributed by atoms with Crippen molar-refractivity contribution in [2.24, 2.45) is 0 Å². The second kappa shape index (κ2) is 12.8. The van der Waals surface area contributed by atoms with Gasteiger partial charge in [0.1, 0.15) is 0 Å². The van der Waals surface area contributed by atoms with E-state index in [4.69, 9.17) is 4.26 Å². The van der Waals surface area contributed by atoms with Crippen LogP contribution in [0, 0.1) is 0 Å². The minimum atomic E-state index is -6.62. The Morgan fingerprint density at radius 1 is 0.574 bits per heavy atom. The molecule has 0 nitrogen and oxygen atoms in total. The van der Waals surface area contributed by atoms with E-state index in [0.29, 0.717) is 0 Å². The quantitative estimate of drug-likeness (QED) is 0.0665. The van der Waals surface area contributed by atoms with Crippen molar-refractivity contribution in [2.45, 2.75) is 91.5 Å². The molecule has 0 unspecified atom stereocenters. The van der Waals surface area contributed by atoms with Gasteiger partial charge in [0.25, 0.3) is 0 Å². The van der Waals surface area contributed by atoms with Gasteiger partial charge in [-0.05, 0) is 0 Å². The Hall–Kier alpha value is -3.94. The zero-order valence-corrected chi connectivity index (χ0v) is 37.4. The van der Waals surface area contributed by atoms with Crippen molar-refractivity contribution in [1.29, 1.82) is 0 Å². The molecule has 0 N–H and O–H groups in total. The van der Waals surface area contributed by atoms with E-state index < -0.39 is 15.1 Å². The predicted molar refractivity (Wildman–Crippen MR) is 235 cm³/mol. The molecule has 2 aliphatic rings. The van der Waals surface area contributed by atoms with Crippen LogP contribution in [0.25, 0.3) is 11.1 Å². The summed E-state index contributed by atoms with van der Waals surface area (Å²) < 4.78 is 11.1. The number of fused-ring (bicyclic) bond motifs is 3. The normalized spacial score (nSPS) is 16.6. The Bertz CT molecular complexity index is 2250. The van der Waals surface area contributed by atoms with Gasteiger partial charge in [-0.3, -0.25) is 0 Å². The van der Waals surface area contributed by atoms with Gasteiger partial charge in [0.05, 0.1) is 0 Å². The zero-order valence-electron chi connectivity index (χ0n) is 33.8. The fourth-order valence-corrected chi connectivity index (χ4v) is 66.6. The third-order valence-corrected chi connectivity index (χ3v) is 66.2. The van der Waals surface area contributed by atoms with E-state index in [1.807, 2.05) is 0 Å². The SMILES string of the molecule is C=CCCC[CH2][Hf](=[CH2])([CH2]c1ccccc1)([CH2]c1ccccc1)([c]1ccccc1)([CH]1C=CC=C1)[CH]1c2cc(C(C)(C)C)ccc2-c2ccc(C(C)(C)C)cc21. The Balaban J connectivity index is 1.83. The Kier molecular flexibility index (Phi) is 9.09. The standard InChI is InChI=1S/C21H25.2C7H7.C6H5.C6H11.C5H5.CH2.Hf/c1-20(2,3)16-7-9-18-14(12-16)11-15-13-17(21(4,5)6)8-10-19(15)18;2*1-7-5-3-2-4-6-7;1-2-4-6-5-3-1;1-3-5-6-4-2;1-2-4-5-3-1;;/h7-13H,1-6H3;2*2-6H,1H2;1-5H;3H,1-2,4-6H2;1-5H;1H2;. The summed E-state index contributed by atoms with van der Waals surface area (Å²) in [6.07, 6.45) is 15.2. The first-order valence-electron chi connectivity index (χ1n) is 20.5. The molecule has 5 aromatic rings. The molecule has 1 heteroatoms. The van der Waals surface area contributed by atoms with E-state index in [0.717, 1.165) is 31.8 Å². The van der Waals surface area contributed by atoms with Crippen LogP contribution >= 0.6 is 0 Å². The second-order valence-electron chi connectivity index (χ2n) is 20.4. The molecule has 7 rings (SSSR count). The first-order chi connectivity index (χ1) is 25.6. The molecular formula is C53H62Hf. The first kappa shape index (κ1) is 38.3. The number of hydrogen-bond acceptors (Lipinski definition) is 0. The molecule has 0 fully saturated rings. The Labute approximate surface area is 321 Å². The molecule has 0 bridgehead atoms. The molecule has 0 aromatic heterocycles. The average molecular weight is 878 g/mol. The van der Waals surface area contributed by atoms with Gasteiger partial charge in [0.15, 0.2) is 0 Å². The van der Waals surface area contributed by atoms with Crippen LogP contribution in [0.15, 0.2) is 164 Å². The van der Waals surface area contributed by atoms with Crippen molar-refractivity contribution in [3.05, 3.63) is 198 Å². The number of rotatable bonds is 12. The van der Waals surface area contributed by atoms with Crippen molar-refractivity contribution in [2.75, 3.05) is 0 Å². The summed E-state index contributed by atoms with van der Waals surface area (Å²) in [6.45, 7) is 18.4. The topological polar surface area (TPSA) is 0 Å². The maximum atomic E-state index is 6.54. The third kappa shape index (κ3) is 5.50. The summed E-state index contributed by atoms with van der Waals surface area (Å²) in [4.78, 5) is 0. The molecule has 0 radical (unpaired) electrons. The fourth-order valence-electron chi connectivity index (χ4n) is 12.4. The van der Waals surface area contributed by atoms with Gasteiger partial charge in [-0.2, -0.15) is 0 Å². The molecule has 5 aromatic carbocycles. The molecule has 0 saturated heterocycles. The number of hydrogen-bond donors (Lipinski definition) is 0. The van der Waals surface area contributed by atoms with Crippen LogP contribution in [0.1, 0.15) is 97.9 Å². The van der Waals surface area contributed by atoms with Crippen molar-refractivity contribution in [3.63, 3.8) is 0 Å². The number of allylic oxidation sites excluding steroid dienone is 5. The molecule has 2 aliphatic carbocycles.